The predicted octanol–water partition coefficient (Wildman–Crippen LogP) is 1.81. The smallest absolute Gasteiger partial charge is 0.240 e. The van der Waals surface area contributed by atoms with E-state index < -0.39 is 16.1 Å². The van der Waals surface area contributed by atoms with Crippen molar-refractivity contribution in [2.75, 3.05) is 19.3 Å². The fraction of sp³-hybridized carbons (Fsp3) is 0.471. The van der Waals surface area contributed by atoms with Crippen molar-refractivity contribution in [1.29, 1.82) is 0 Å². The van der Waals surface area contributed by atoms with Gasteiger partial charge in [-0.15, -0.1) is 0 Å². The number of amides is 1. The Morgan fingerprint density at radius 1 is 1.29 bits per heavy atom. The number of para-hydroxylation sites is 1. The monoisotopic (exact) mass is 349 g/mol. The van der Waals surface area contributed by atoms with Gasteiger partial charge in [0.25, 0.3) is 0 Å². The molecule has 0 radical (unpaired) electrons. The van der Waals surface area contributed by atoms with Crippen LogP contribution in [0.5, 0.6) is 0 Å². The molecule has 0 bridgehead atoms. The summed E-state index contributed by atoms with van der Waals surface area (Å²) in [5.74, 6) is 0.265. The normalized spacial score (nSPS) is 18.0. The number of H-pyrrole nitrogens is 1. The quantitative estimate of drug-likeness (QED) is 0.883. The minimum atomic E-state index is -3.38. The number of nitrogens with zero attached hydrogens (tertiary/aromatic N) is 1. The summed E-state index contributed by atoms with van der Waals surface area (Å²) < 4.78 is 24.9. The minimum Gasteiger partial charge on any atom is -0.361 e. The van der Waals surface area contributed by atoms with Gasteiger partial charge in [0.2, 0.25) is 15.9 Å². The van der Waals surface area contributed by atoms with Gasteiger partial charge in [-0.1, -0.05) is 18.2 Å². The molecule has 24 heavy (non-hydrogen) atoms. The Bertz CT molecular complexity index is 836. The molecule has 2 aromatic rings. The summed E-state index contributed by atoms with van der Waals surface area (Å²) in [7, 11) is -3.38. The summed E-state index contributed by atoms with van der Waals surface area (Å²) in [6.07, 6.45) is 4.92. The van der Waals surface area contributed by atoms with Crippen molar-refractivity contribution in [1.82, 2.24) is 14.6 Å². The van der Waals surface area contributed by atoms with E-state index in [0.29, 0.717) is 19.0 Å². The first-order valence-corrected chi connectivity index (χ1v) is 10.1. The predicted molar refractivity (Wildman–Crippen MR) is 94.3 cm³/mol. The van der Waals surface area contributed by atoms with Crippen LogP contribution in [0.15, 0.2) is 30.5 Å². The zero-order valence-electron chi connectivity index (χ0n) is 14.0. The fourth-order valence-electron chi connectivity index (χ4n) is 3.49. The van der Waals surface area contributed by atoms with E-state index in [4.69, 9.17) is 0 Å². The maximum atomic E-state index is 12.4. The van der Waals surface area contributed by atoms with Gasteiger partial charge in [-0.25, -0.2) is 13.1 Å². The first-order chi connectivity index (χ1) is 11.3. The van der Waals surface area contributed by atoms with Crippen molar-refractivity contribution in [3.05, 3.63) is 36.0 Å². The van der Waals surface area contributed by atoms with Gasteiger partial charge in [-0.05, 0) is 37.3 Å². The number of rotatable bonds is 4. The lowest BCUT2D eigenvalue weighted by Gasteiger charge is -2.33. The Hall–Kier alpha value is -1.86. The van der Waals surface area contributed by atoms with E-state index in [1.54, 1.807) is 11.8 Å². The largest absolute Gasteiger partial charge is 0.361 e. The van der Waals surface area contributed by atoms with Crippen molar-refractivity contribution in [3.8, 4) is 0 Å². The van der Waals surface area contributed by atoms with E-state index in [9.17, 15) is 13.2 Å². The Balaban J connectivity index is 1.64. The van der Waals surface area contributed by atoms with Gasteiger partial charge < -0.3 is 9.88 Å². The fourth-order valence-corrected chi connectivity index (χ4v) is 4.23. The maximum absolute atomic E-state index is 12.4. The van der Waals surface area contributed by atoms with Crippen LogP contribution in [-0.2, 0) is 14.8 Å². The molecule has 1 amide bonds. The summed E-state index contributed by atoms with van der Waals surface area (Å²) in [6, 6.07) is 7.52. The minimum absolute atomic E-state index is 0.155. The highest BCUT2D eigenvalue weighted by atomic mass is 32.2. The summed E-state index contributed by atoms with van der Waals surface area (Å²) >= 11 is 0. The molecule has 2 heterocycles. The molecule has 0 spiro atoms. The Kier molecular flexibility index (Phi) is 4.64. The van der Waals surface area contributed by atoms with E-state index in [1.165, 1.54) is 10.9 Å². The molecule has 0 saturated carbocycles. The topological polar surface area (TPSA) is 82.3 Å². The van der Waals surface area contributed by atoms with Crippen LogP contribution >= 0.6 is 0 Å². The molecule has 2 N–H and O–H groups in total. The van der Waals surface area contributed by atoms with Gasteiger partial charge in [-0.3, -0.25) is 4.79 Å². The highest BCUT2D eigenvalue weighted by Crippen LogP contribution is 2.33. The highest BCUT2D eigenvalue weighted by molar-refractivity contribution is 7.88. The number of benzene rings is 1. The molecule has 1 aromatic heterocycles. The average Bonchev–Trinajstić information content (AvgIpc) is 2.97. The first kappa shape index (κ1) is 17.0. The molecule has 7 heteroatoms. The second kappa shape index (κ2) is 6.57. The van der Waals surface area contributed by atoms with Crippen molar-refractivity contribution in [2.45, 2.75) is 31.7 Å². The number of fused-ring (bicyclic) bond motifs is 1. The third kappa shape index (κ3) is 3.62. The average molecular weight is 349 g/mol. The number of nitrogens with one attached hydrogen (secondary N) is 2. The number of aromatic nitrogens is 1. The zero-order valence-corrected chi connectivity index (χ0v) is 14.8. The second-order valence-electron chi connectivity index (χ2n) is 6.50. The molecule has 1 saturated heterocycles. The van der Waals surface area contributed by atoms with Crippen LogP contribution in [0.1, 0.15) is 31.2 Å². The van der Waals surface area contributed by atoms with Gasteiger partial charge in [0.1, 0.15) is 0 Å². The maximum Gasteiger partial charge on any atom is 0.240 e. The first-order valence-electron chi connectivity index (χ1n) is 8.17. The molecule has 1 atom stereocenters. The van der Waals surface area contributed by atoms with Crippen LogP contribution in [0, 0.1) is 0 Å². The van der Waals surface area contributed by atoms with Crippen molar-refractivity contribution in [2.24, 2.45) is 0 Å². The third-order valence-corrected chi connectivity index (χ3v) is 5.41. The van der Waals surface area contributed by atoms with E-state index in [-0.39, 0.29) is 5.91 Å². The molecule has 0 aliphatic carbocycles. The van der Waals surface area contributed by atoms with Crippen LogP contribution in [0.25, 0.3) is 10.9 Å². The molecule has 0 unspecified atom stereocenters. The summed E-state index contributed by atoms with van der Waals surface area (Å²) in [4.78, 5) is 17.4. The Morgan fingerprint density at radius 2 is 1.96 bits per heavy atom. The number of hydrogen-bond acceptors (Lipinski definition) is 3. The van der Waals surface area contributed by atoms with Crippen LogP contribution in [0.2, 0.25) is 0 Å². The molecule has 6 nitrogen and oxygen atoms in total. The van der Waals surface area contributed by atoms with Gasteiger partial charge in [-0.2, -0.15) is 0 Å². The summed E-state index contributed by atoms with van der Waals surface area (Å²) in [5.41, 5.74) is 2.44. The zero-order chi connectivity index (χ0) is 17.3. The van der Waals surface area contributed by atoms with Crippen molar-refractivity contribution < 1.29 is 13.2 Å². The number of carbonyl (C=O) groups is 1. The van der Waals surface area contributed by atoms with Gasteiger partial charge in [0, 0.05) is 30.2 Å². The number of hydrogen-bond donors (Lipinski definition) is 2. The highest BCUT2D eigenvalue weighted by Gasteiger charge is 2.28. The lowest BCUT2D eigenvalue weighted by molar-refractivity contribution is -0.133. The van der Waals surface area contributed by atoms with Gasteiger partial charge in [0.05, 0.1) is 12.3 Å². The standard InChI is InChI=1S/C17H23N3O3S/c1-12(19-24(2,22)23)17(21)20-9-7-13(8-10-20)15-11-18-16-6-4-3-5-14(15)16/h3-6,11-13,18-19H,7-10H2,1-2H3/t12-/m1/s1. The van der Waals surface area contributed by atoms with Crippen LogP contribution in [-0.4, -0.2) is 49.6 Å². The van der Waals surface area contributed by atoms with E-state index >= 15 is 0 Å². The second-order valence-corrected chi connectivity index (χ2v) is 8.28. The summed E-state index contributed by atoms with van der Waals surface area (Å²) in [5, 5.41) is 1.24. The lowest BCUT2D eigenvalue weighted by atomic mass is 9.89. The molecular formula is C17H23N3O3S. The molecular weight excluding hydrogens is 326 g/mol. The Labute approximate surface area is 142 Å². The van der Waals surface area contributed by atoms with Crippen molar-refractivity contribution >= 4 is 26.8 Å². The summed E-state index contributed by atoms with van der Waals surface area (Å²) in [6.45, 7) is 2.90. The molecule has 1 aliphatic heterocycles. The number of aromatic amines is 1. The third-order valence-electron chi connectivity index (χ3n) is 4.63. The van der Waals surface area contributed by atoms with E-state index in [0.717, 1.165) is 24.6 Å². The molecule has 3 rings (SSSR count). The number of sulfonamides is 1. The van der Waals surface area contributed by atoms with Crippen LogP contribution in [0.3, 0.4) is 0 Å². The lowest BCUT2D eigenvalue weighted by Crippen LogP contribution is -2.48. The Morgan fingerprint density at radius 3 is 2.62 bits per heavy atom. The molecule has 1 aliphatic rings. The van der Waals surface area contributed by atoms with Crippen LogP contribution in [0.4, 0.5) is 0 Å². The van der Waals surface area contributed by atoms with E-state index in [2.05, 4.69) is 28.0 Å². The molecule has 1 fully saturated rings. The number of carbonyl (C=O) groups excluding carboxylic acids is 1. The SMILES string of the molecule is C[C@@H](NS(C)(=O)=O)C(=O)N1CCC(c2c[nH]c3ccccc23)CC1. The number of piperidine rings is 1. The molecule has 1 aromatic carbocycles. The van der Waals surface area contributed by atoms with E-state index in [1.807, 2.05) is 12.1 Å². The molecule has 130 valence electrons. The van der Waals surface area contributed by atoms with Crippen molar-refractivity contribution in [3.63, 3.8) is 0 Å². The number of likely N-dealkylation sites (tertiary alicyclic amines) is 1. The van der Waals surface area contributed by atoms with Gasteiger partial charge >= 0.3 is 0 Å². The van der Waals surface area contributed by atoms with Crippen LogP contribution < -0.4 is 4.72 Å². The van der Waals surface area contributed by atoms with Gasteiger partial charge in [0.15, 0.2) is 0 Å².